The summed E-state index contributed by atoms with van der Waals surface area (Å²) in [5, 5.41) is 9.83. The first-order valence-corrected chi connectivity index (χ1v) is 6.47. The fraction of sp³-hybridized carbons (Fsp3) is 0.231. The van der Waals surface area contributed by atoms with Gasteiger partial charge in [-0.25, -0.2) is 9.78 Å². The predicted octanol–water partition coefficient (Wildman–Crippen LogP) is 2.62. The Balaban J connectivity index is 2.11. The van der Waals surface area contributed by atoms with E-state index < -0.39 is 5.97 Å². The molecule has 1 aromatic carbocycles. The summed E-state index contributed by atoms with van der Waals surface area (Å²) >= 11 is 1.57. The molecular formula is C13H14N2O3S. The molecule has 0 fully saturated rings. The fourth-order valence-corrected chi connectivity index (χ4v) is 2.40. The van der Waals surface area contributed by atoms with E-state index in [4.69, 9.17) is 15.6 Å². The van der Waals surface area contributed by atoms with Gasteiger partial charge in [-0.15, -0.1) is 11.3 Å². The molecular weight excluding hydrogens is 264 g/mol. The molecule has 0 saturated heterocycles. The number of thiazole rings is 1. The average Bonchev–Trinajstić information content (AvgIpc) is 2.67. The van der Waals surface area contributed by atoms with Crippen LogP contribution in [0.1, 0.15) is 25.9 Å². The maximum absolute atomic E-state index is 11.0. The standard InChI is InChI=1S/C13H14N2O3S/c1-7-8(2)19-12(15-7)6-18-9-3-4-11(14)10(5-9)13(16)17/h3-5H,6,14H2,1-2H3,(H,16,17). The number of carboxylic acids is 1. The number of rotatable bonds is 4. The monoisotopic (exact) mass is 278 g/mol. The van der Waals surface area contributed by atoms with Crippen LogP contribution < -0.4 is 10.5 Å². The van der Waals surface area contributed by atoms with E-state index >= 15 is 0 Å². The zero-order valence-corrected chi connectivity index (χ0v) is 11.5. The Bertz CT molecular complexity index is 603. The minimum absolute atomic E-state index is 0.0454. The van der Waals surface area contributed by atoms with E-state index in [0.717, 1.165) is 15.6 Å². The van der Waals surface area contributed by atoms with E-state index in [1.54, 1.807) is 17.4 Å². The van der Waals surface area contributed by atoms with Crippen molar-refractivity contribution in [3.05, 3.63) is 39.3 Å². The zero-order chi connectivity index (χ0) is 14.0. The number of aromatic nitrogens is 1. The number of hydrogen-bond acceptors (Lipinski definition) is 5. The van der Waals surface area contributed by atoms with E-state index in [2.05, 4.69) is 4.98 Å². The predicted molar refractivity (Wildman–Crippen MR) is 73.7 cm³/mol. The van der Waals surface area contributed by atoms with Crippen molar-refractivity contribution in [3.8, 4) is 5.75 Å². The number of hydrogen-bond donors (Lipinski definition) is 2. The number of aryl methyl sites for hydroxylation is 2. The van der Waals surface area contributed by atoms with Gasteiger partial charge >= 0.3 is 5.97 Å². The number of ether oxygens (including phenoxy) is 1. The number of nitrogen functional groups attached to an aromatic ring is 1. The Morgan fingerprint density at radius 1 is 1.47 bits per heavy atom. The van der Waals surface area contributed by atoms with Gasteiger partial charge in [0.15, 0.2) is 0 Å². The van der Waals surface area contributed by atoms with Crippen LogP contribution in [0.3, 0.4) is 0 Å². The first kappa shape index (κ1) is 13.4. The lowest BCUT2D eigenvalue weighted by atomic mass is 10.2. The van der Waals surface area contributed by atoms with Crippen molar-refractivity contribution in [2.24, 2.45) is 0 Å². The molecule has 1 heterocycles. The number of aromatic carboxylic acids is 1. The third-order valence-electron chi connectivity index (χ3n) is 2.69. The van der Waals surface area contributed by atoms with Crippen LogP contribution in [0.4, 0.5) is 5.69 Å². The lowest BCUT2D eigenvalue weighted by molar-refractivity contribution is 0.0697. The Labute approximate surface area is 114 Å². The second kappa shape index (κ2) is 5.27. The van der Waals surface area contributed by atoms with Crippen molar-refractivity contribution < 1.29 is 14.6 Å². The van der Waals surface area contributed by atoms with Gasteiger partial charge in [-0.1, -0.05) is 0 Å². The van der Waals surface area contributed by atoms with Crippen LogP contribution in [0.5, 0.6) is 5.75 Å². The summed E-state index contributed by atoms with van der Waals surface area (Å²) in [6.45, 7) is 4.27. The summed E-state index contributed by atoms with van der Waals surface area (Å²) in [4.78, 5) is 16.5. The van der Waals surface area contributed by atoms with E-state index in [-0.39, 0.29) is 11.3 Å². The zero-order valence-electron chi connectivity index (χ0n) is 10.6. The Morgan fingerprint density at radius 3 is 2.79 bits per heavy atom. The molecule has 0 spiro atoms. The number of carbonyl (C=O) groups is 1. The third kappa shape index (κ3) is 3.03. The second-order valence-electron chi connectivity index (χ2n) is 4.09. The van der Waals surface area contributed by atoms with Crippen molar-refractivity contribution in [1.82, 2.24) is 4.98 Å². The maximum Gasteiger partial charge on any atom is 0.337 e. The van der Waals surface area contributed by atoms with Gasteiger partial charge in [0.25, 0.3) is 0 Å². The second-order valence-corrected chi connectivity index (χ2v) is 5.38. The van der Waals surface area contributed by atoms with Crippen molar-refractivity contribution in [2.45, 2.75) is 20.5 Å². The van der Waals surface area contributed by atoms with Gasteiger partial charge < -0.3 is 15.6 Å². The highest BCUT2D eigenvalue weighted by atomic mass is 32.1. The highest BCUT2D eigenvalue weighted by molar-refractivity contribution is 7.11. The molecule has 0 bridgehead atoms. The molecule has 5 nitrogen and oxygen atoms in total. The van der Waals surface area contributed by atoms with Gasteiger partial charge in [-0.3, -0.25) is 0 Å². The molecule has 0 saturated carbocycles. The quantitative estimate of drug-likeness (QED) is 0.840. The van der Waals surface area contributed by atoms with Gasteiger partial charge in [0.2, 0.25) is 0 Å². The number of nitrogens with zero attached hydrogens (tertiary/aromatic N) is 1. The van der Waals surface area contributed by atoms with Crippen LogP contribution >= 0.6 is 11.3 Å². The molecule has 1 aromatic heterocycles. The van der Waals surface area contributed by atoms with Crippen LogP contribution in [0.25, 0.3) is 0 Å². The number of nitrogens with two attached hydrogens (primary N) is 1. The maximum atomic E-state index is 11.0. The number of benzene rings is 1. The third-order valence-corrected chi connectivity index (χ3v) is 3.74. The summed E-state index contributed by atoms with van der Waals surface area (Å²) in [5.74, 6) is -0.596. The topological polar surface area (TPSA) is 85.4 Å². The molecule has 2 aromatic rings. The minimum atomic E-state index is -1.07. The van der Waals surface area contributed by atoms with Gasteiger partial charge in [0.1, 0.15) is 17.4 Å². The molecule has 2 rings (SSSR count). The molecule has 6 heteroatoms. The van der Waals surface area contributed by atoms with Crippen molar-refractivity contribution in [2.75, 3.05) is 5.73 Å². The molecule has 0 aliphatic carbocycles. The molecule has 0 radical (unpaired) electrons. The van der Waals surface area contributed by atoms with Crippen LogP contribution in [-0.2, 0) is 6.61 Å². The summed E-state index contributed by atoms with van der Waals surface area (Å²) < 4.78 is 5.54. The summed E-state index contributed by atoms with van der Waals surface area (Å²) in [6.07, 6.45) is 0. The van der Waals surface area contributed by atoms with Crippen LogP contribution in [-0.4, -0.2) is 16.1 Å². The Morgan fingerprint density at radius 2 is 2.21 bits per heavy atom. The van der Waals surface area contributed by atoms with Crippen LogP contribution in [0.2, 0.25) is 0 Å². The van der Waals surface area contributed by atoms with Gasteiger partial charge in [0, 0.05) is 10.6 Å². The van der Waals surface area contributed by atoms with E-state index in [0.29, 0.717) is 12.4 Å². The molecule has 0 aliphatic rings. The lowest BCUT2D eigenvalue weighted by Crippen LogP contribution is -2.03. The summed E-state index contributed by atoms with van der Waals surface area (Å²) in [6, 6.07) is 4.59. The normalized spacial score (nSPS) is 10.4. The van der Waals surface area contributed by atoms with Gasteiger partial charge in [-0.2, -0.15) is 0 Å². The lowest BCUT2D eigenvalue weighted by Gasteiger charge is -2.06. The smallest absolute Gasteiger partial charge is 0.337 e. The highest BCUT2D eigenvalue weighted by Crippen LogP contribution is 2.22. The largest absolute Gasteiger partial charge is 0.486 e. The average molecular weight is 278 g/mol. The number of anilines is 1. The van der Waals surface area contributed by atoms with E-state index in [1.165, 1.54) is 12.1 Å². The Hall–Kier alpha value is -2.08. The highest BCUT2D eigenvalue weighted by Gasteiger charge is 2.10. The molecule has 0 aliphatic heterocycles. The minimum Gasteiger partial charge on any atom is -0.486 e. The van der Waals surface area contributed by atoms with Crippen LogP contribution in [0, 0.1) is 13.8 Å². The van der Waals surface area contributed by atoms with E-state index in [9.17, 15) is 4.79 Å². The number of carboxylic acid groups (broad SMARTS) is 1. The molecule has 0 unspecified atom stereocenters. The molecule has 0 atom stereocenters. The molecule has 0 amide bonds. The summed E-state index contributed by atoms with van der Waals surface area (Å²) in [5.41, 5.74) is 6.84. The van der Waals surface area contributed by atoms with Crippen molar-refractivity contribution >= 4 is 23.0 Å². The van der Waals surface area contributed by atoms with Gasteiger partial charge in [0.05, 0.1) is 11.3 Å². The molecule has 19 heavy (non-hydrogen) atoms. The SMILES string of the molecule is Cc1nc(COc2ccc(N)c(C(=O)O)c2)sc1C. The summed E-state index contributed by atoms with van der Waals surface area (Å²) in [7, 11) is 0. The van der Waals surface area contributed by atoms with Crippen molar-refractivity contribution in [1.29, 1.82) is 0 Å². The van der Waals surface area contributed by atoms with Crippen LogP contribution in [0.15, 0.2) is 18.2 Å². The first-order chi connectivity index (χ1) is 8.97. The Kier molecular flexibility index (Phi) is 3.71. The molecule has 100 valence electrons. The van der Waals surface area contributed by atoms with Gasteiger partial charge in [-0.05, 0) is 32.0 Å². The fourth-order valence-electron chi connectivity index (χ4n) is 1.56. The first-order valence-electron chi connectivity index (χ1n) is 5.66. The van der Waals surface area contributed by atoms with E-state index in [1.807, 2.05) is 13.8 Å². The molecule has 3 N–H and O–H groups in total. The van der Waals surface area contributed by atoms with Crippen molar-refractivity contribution in [3.63, 3.8) is 0 Å².